The molecule has 27 heavy (non-hydrogen) atoms. The minimum absolute atomic E-state index is 0.00189. The third-order valence-electron chi connectivity index (χ3n) is 4.81. The van der Waals surface area contributed by atoms with Crippen LogP contribution >= 0.6 is 11.8 Å². The normalized spacial score (nSPS) is 17.3. The standard InChI is InChI=1S/C20H28N2O4S/c1-3-27-14-16-6-8-17(9-7-16)20(26)21-11-4-5-18(10-12-21)22(15(2)23)13-19(24)25/h6-9,18H,3-5,10-14H2,1-2H3,(H,24,25). The maximum atomic E-state index is 12.8. The summed E-state index contributed by atoms with van der Waals surface area (Å²) < 4.78 is 0. The highest BCUT2D eigenvalue weighted by molar-refractivity contribution is 7.98. The molecule has 1 aliphatic rings. The summed E-state index contributed by atoms with van der Waals surface area (Å²) in [6, 6.07) is 7.62. The van der Waals surface area contributed by atoms with E-state index in [4.69, 9.17) is 5.11 Å². The van der Waals surface area contributed by atoms with E-state index in [1.165, 1.54) is 17.4 Å². The van der Waals surface area contributed by atoms with Gasteiger partial charge in [-0.3, -0.25) is 14.4 Å². The fourth-order valence-corrected chi connectivity index (χ4v) is 4.02. The Morgan fingerprint density at radius 2 is 1.89 bits per heavy atom. The van der Waals surface area contributed by atoms with E-state index in [1.807, 2.05) is 40.9 Å². The first kappa shape index (κ1) is 21.3. The third kappa shape index (κ3) is 6.27. The molecule has 0 aliphatic carbocycles. The molecule has 1 aromatic carbocycles. The van der Waals surface area contributed by atoms with Gasteiger partial charge in [0.15, 0.2) is 0 Å². The van der Waals surface area contributed by atoms with Crippen LogP contribution in [0.5, 0.6) is 0 Å². The Bertz CT molecular complexity index is 662. The SMILES string of the molecule is CCSCc1ccc(C(=O)N2CCCC(N(CC(=O)O)C(C)=O)CC2)cc1. The van der Waals surface area contributed by atoms with Crippen LogP contribution in [-0.2, 0) is 15.3 Å². The van der Waals surface area contributed by atoms with Gasteiger partial charge in [0.25, 0.3) is 5.91 Å². The zero-order chi connectivity index (χ0) is 19.8. The van der Waals surface area contributed by atoms with Crippen molar-refractivity contribution in [1.29, 1.82) is 0 Å². The van der Waals surface area contributed by atoms with Crippen molar-refractivity contribution in [3.8, 4) is 0 Å². The minimum atomic E-state index is -1.01. The average Bonchev–Trinajstić information content (AvgIpc) is 2.90. The summed E-state index contributed by atoms with van der Waals surface area (Å²) in [7, 11) is 0. The molecule has 0 radical (unpaired) electrons. The number of nitrogens with zero attached hydrogens (tertiary/aromatic N) is 2. The Balaban J connectivity index is 1.99. The van der Waals surface area contributed by atoms with Crippen molar-refractivity contribution in [2.24, 2.45) is 0 Å². The van der Waals surface area contributed by atoms with Gasteiger partial charge in [-0.1, -0.05) is 19.1 Å². The van der Waals surface area contributed by atoms with Gasteiger partial charge in [-0.05, 0) is 42.7 Å². The van der Waals surface area contributed by atoms with Crippen LogP contribution in [0.1, 0.15) is 49.0 Å². The summed E-state index contributed by atoms with van der Waals surface area (Å²) in [4.78, 5) is 38.9. The predicted octanol–water partition coefficient (Wildman–Crippen LogP) is 2.87. The third-order valence-corrected chi connectivity index (χ3v) is 5.76. The van der Waals surface area contributed by atoms with Crippen LogP contribution < -0.4 is 0 Å². The van der Waals surface area contributed by atoms with Gasteiger partial charge in [-0.15, -0.1) is 0 Å². The number of thioether (sulfide) groups is 1. The smallest absolute Gasteiger partial charge is 0.323 e. The summed E-state index contributed by atoms with van der Waals surface area (Å²) in [6.07, 6.45) is 2.07. The van der Waals surface area contributed by atoms with Gasteiger partial charge in [0.1, 0.15) is 6.54 Å². The van der Waals surface area contributed by atoms with Gasteiger partial charge >= 0.3 is 5.97 Å². The van der Waals surface area contributed by atoms with E-state index < -0.39 is 5.97 Å². The lowest BCUT2D eigenvalue weighted by Crippen LogP contribution is -2.43. The number of aliphatic carboxylic acids is 1. The molecule has 7 heteroatoms. The lowest BCUT2D eigenvalue weighted by molar-refractivity contribution is -0.145. The first-order valence-electron chi connectivity index (χ1n) is 9.37. The van der Waals surface area contributed by atoms with Gasteiger partial charge in [0.05, 0.1) is 0 Å². The Kier molecular flexibility index (Phi) is 8.16. The molecule has 1 atom stereocenters. The first-order chi connectivity index (χ1) is 12.9. The highest BCUT2D eigenvalue weighted by Crippen LogP contribution is 2.20. The summed E-state index contributed by atoms with van der Waals surface area (Å²) >= 11 is 1.85. The Morgan fingerprint density at radius 1 is 1.19 bits per heavy atom. The van der Waals surface area contributed by atoms with Gasteiger partial charge in [-0.2, -0.15) is 11.8 Å². The minimum Gasteiger partial charge on any atom is -0.480 e. The zero-order valence-electron chi connectivity index (χ0n) is 16.0. The number of hydrogen-bond donors (Lipinski definition) is 1. The van der Waals surface area contributed by atoms with E-state index >= 15 is 0 Å². The number of hydrogen-bond acceptors (Lipinski definition) is 4. The highest BCUT2D eigenvalue weighted by atomic mass is 32.2. The van der Waals surface area contributed by atoms with Gasteiger partial charge in [-0.25, -0.2) is 0 Å². The predicted molar refractivity (Wildman–Crippen MR) is 107 cm³/mol. The molecule has 1 N–H and O–H groups in total. The summed E-state index contributed by atoms with van der Waals surface area (Å²) in [5.74, 6) is 0.764. The van der Waals surface area contributed by atoms with E-state index in [0.29, 0.717) is 31.5 Å². The Morgan fingerprint density at radius 3 is 2.48 bits per heavy atom. The zero-order valence-corrected chi connectivity index (χ0v) is 16.8. The van der Waals surface area contributed by atoms with Gasteiger partial charge in [0.2, 0.25) is 5.91 Å². The van der Waals surface area contributed by atoms with Gasteiger partial charge < -0.3 is 14.9 Å². The van der Waals surface area contributed by atoms with Crippen LogP contribution in [0.15, 0.2) is 24.3 Å². The quantitative estimate of drug-likeness (QED) is 0.772. The molecule has 1 aromatic rings. The average molecular weight is 393 g/mol. The van der Waals surface area contributed by atoms with Crippen molar-refractivity contribution in [3.05, 3.63) is 35.4 Å². The molecule has 1 fully saturated rings. The molecule has 6 nitrogen and oxygen atoms in total. The maximum absolute atomic E-state index is 12.8. The van der Waals surface area contributed by atoms with Crippen LogP contribution in [0, 0.1) is 0 Å². The summed E-state index contributed by atoms with van der Waals surface area (Å²) in [6.45, 7) is 4.39. The van der Waals surface area contributed by atoms with Crippen molar-refractivity contribution < 1.29 is 19.5 Å². The molecule has 0 bridgehead atoms. The first-order valence-corrected chi connectivity index (χ1v) is 10.5. The number of carbonyl (C=O) groups is 3. The van der Waals surface area contributed by atoms with Crippen LogP contribution in [0.3, 0.4) is 0 Å². The lowest BCUT2D eigenvalue weighted by atomic mass is 10.1. The molecular weight excluding hydrogens is 364 g/mol. The second-order valence-electron chi connectivity index (χ2n) is 6.75. The van der Waals surface area contributed by atoms with Crippen molar-refractivity contribution in [2.75, 3.05) is 25.4 Å². The van der Waals surface area contributed by atoms with Crippen molar-refractivity contribution in [2.45, 2.75) is 44.9 Å². The van der Waals surface area contributed by atoms with Crippen molar-refractivity contribution in [1.82, 2.24) is 9.80 Å². The number of likely N-dealkylation sites (tertiary alicyclic amines) is 1. The van der Waals surface area contributed by atoms with Crippen molar-refractivity contribution >= 4 is 29.5 Å². The number of carboxylic acids is 1. The van der Waals surface area contributed by atoms with Crippen molar-refractivity contribution in [3.63, 3.8) is 0 Å². The molecule has 148 valence electrons. The molecule has 2 amide bonds. The van der Waals surface area contributed by atoms with Crippen LogP contribution in [-0.4, -0.2) is 64.1 Å². The second kappa shape index (κ2) is 10.3. The monoisotopic (exact) mass is 392 g/mol. The molecule has 1 unspecified atom stereocenters. The fraction of sp³-hybridized carbons (Fsp3) is 0.550. The van der Waals surface area contributed by atoms with Crippen LogP contribution in [0.2, 0.25) is 0 Å². The van der Waals surface area contributed by atoms with Crippen LogP contribution in [0.4, 0.5) is 0 Å². The van der Waals surface area contributed by atoms with E-state index in [2.05, 4.69) is 6.92 Å². The van der Waals surface area contributed by atoms with E-state index in [9.17, 15) is 14.4 Å². The largest absolute Gasteiger partial charge is 0.480 e. The number of carboxylic acid groups (broad SMARTS) is 1. The topological polar surface area (TPSA) is 77.9 Å². The Hall–Kier alpha value is -2.02. The summed E-state index contributed by atoms with van der Waals surface area (Å²) in [5, 5.41) is 9.04. The molecule has 0 saturated carbocycles. The number of carbonyl (C=O) groups excluding carboxylic acids is 2. The second-order valence-corrected chi connectivity index (χ2v) is 8.03. The molecular formula is C20H28N2O4S. The van der Waals surface area contributed by atoms with Gasteiger partial charge in [0, 0.05) is 37.4 Å². The summed E-state index contributed by atoms with van der Waals surface area (Å²) in [5.41, 5.74) is 1.88. The van der Waals surface area contributed by atoms with Crippen LogP contribution in [0.25, 0.3) is 0 Å². The highest BCUT2D eigenvalue weighted by Gasteiger charge is 2.27. The maximum Gasteiger partial charge on any atom is 0.323 e. The molecule has 1 saturated heterocycles. The van der Waals surface area contributed by atoms with E-state index in [1.54, 1.807) is 0 Å². The molecule has 0 spiro atoms. The fourth-order valence-electron chi connectivity index (χ4n) is 3.38. The molecule has 0 aromatic heterocycles. The lowest BCUT2D eigenvalue weighted by Gasteiger charge is -2.28. The Labute approximate surface area is 164 Å². The van der Waals surface area contributed by atoms with E-state index in [0.717, 1.165) is 17.9 Å². The number of benzene rings is 1. The molecule has 1 heterocycles. The number of amides is 2. The van der Waals surface area contributed by atoms with E-state index in [-0.39, 0.29) is 24.4 Å². The molecule has 1 aliphatic heterocycles. The number of rotatable bonds is 7. The molecule has 2 rings (SSSR count).